The first-order valence-corrected chi connectivity index (χ1v) is 8.06. The van der Waals surface area contributed by atoms with Gasteiger partial charge in [0.15, 0.2) is 0 Å². The van der Waals surface area contributed by atoms with Gasteiger partial charge in [0.25, 0.3) is 0 Å². The summed E-state index contributed by atoms with van der Waals surface area (Å²) in [5.74, 6) is 0. The highest BCUT2D eigenvalue weighted by Gasteiger charge is 2.13. The summed E-state index contributed by atoms with van der Waals surface area (Å²) in [6.45, 7) is 7.30. The Morgan fingerprint density at radius 3 is 2.59 bits per heavy atom. The second-order valence-corrected chi connectivity index (χ2v) is 6.12. The average molecular weight is 322 g/mol. The van der Waals surface area contributed by atoms with E-state index in [9.17, 15) is 0 Å². The molecule has 0 fully saturated rings. The molecule has 0 aliphatic rings. The van der Waals surface area contributed by atoms with E-state index in [0.717, 1.165) is 41.5 Å². The first-order valence-electron chi connectivity index (χ1n) is 7.68. The molecule has 5 heteroatoms. The zero-order valence-corrected chi connectivity index (χ0v) is 14.2. The molecule has 22 heavy (non-hydrogen) atoms. The molecule has 0 aliphatic heterocycles. The van der Waals surface area contributed by atoms with E-state index in [1.54, 1.807) is 0 Å². The monoisotopic (exact) mass is 321 g/mol. The third kappa shape index (κ3) is 4.09. The van der Waals surface area contributed by atoms with Crippen molar-refractivity contribution < 1.29 is 5.11 Å². The number of aliphatic hydroxyl groups is 1. The zero-order valence-electron chi connectivity index (χ0n) is 13.4. The molecule has 2 N–H and O–H groups in total. The van der Waals surface area contributed by atoms with Gasteiger partial charge in [-0.1, -0.05) is 11.6 Å². The summed E-state index contributed by atoms with van der Waals surface area (Å²) in [7, 11) is 0. The minimum absolute atomic E-state index is 0.249. The molecule has 0 saturated heterocycles. The molecule has 0 saturated carbocycles. The Morgan fingerprint density at radius 1 is 1.27 bits per heavy atom. The molecule has 0 amide bonds. The molecule has 4 nitrogen and oxygen atoms in total. The Morgan fingerprint density at radius 2 is 1.95 bits per heavy atom. The van der Waals surface area contributed by atoms with Crippen molar-refractivity contribution in [1.82, 2.24) is 15.1 Å². The number of nitrogens with one attached hydrogen (secondary N) is 1. The van der Waals surface area contributed by atoms with Crippen molar-refractivity contribution in [2.45, 2.75) is 46.2 Å². The molecular weight excluding hydrogens is 298 g/mol. The van der Waals surface area contributed by atoms with Crippen LogP contribution in [0.25, 0.3) is 5.69 Å². The summed E-state index contributed by atoms with van der Waals surface area (Å²) < 4.78 is 1.96. The first kappa shape index (κ1) is 17.0. The van der Waals surface area contributed by atoms with E-state index < -0.39 is 0 Å². The van der Waals surface area contributed by atoms with Crippen molar-refractivity contribution in [3.63, 3.8) is 0 Å². The maximum atomic E-state index is 8.89. The van der Waals surface area contributed by atoms with Crippen LogP contribution in [-0.2, 0) is 6.54 Å². The maximum Gasteiger partial charge on any atom is 0.0649 e. The second-order valence-electron chi connectivity index (χ2n) is 5.69. The van der Waals surface area contributed by atoms with Crippen LogP contribution in [0.2, 0.25) is 5.02 Å². The quantitative estimate of drug-likeness (QED) is 0.822. The van der Waals surface area contributed by atoms with Crippen molar-refractivity contribution in [3.8, 4) is 5.69 Å². The largest absolute Gasteiger partial charge is 0.396 e. The van der Waals surface area contributed by atoms with Crippen LogP contribution in [0.1, 0.15) is 36.7 Å². The fraction of sp³-hybridized carbons (Fsp3) is 0.471. The van der Waals surface area contributed by atoms with E-state index >= 15 is 0 Å². The van der Waals surface area contributed by atoms with E-state index in [0.29, 0.717) is 6.04 Å². The van der Waals surface area contributed by atoms with Crippen LogP contribution in [0.5, 0.6) is 0 Å². The first-order chi connectivity index (χ1) is 10.5. The number of aliphatic hydroxyl groups excluding tert-OH is 1. The lowest BCUT2D eigenvalue weighted by molar-refractivity contribution is 0.276. The highest BCUT2D eigenvalue weighted by molar-refractivity contribution is 6.30. The Hall–Kier alpha value is -1.36. The average Bonchev–Trinajstić information content (AvgIpc) is 2.78. The Kier molecular flexibility index (Phi) is 6.00. The van der Waals surface area contributed by atoms with Crippen molar-refractivity contribution in [3.05, 3.63) is 46.2 Å². The molecule has 2 rings (SSSR count). The number of hydrogen-bond donors (Lipinski definition) is 2. The number of aryl methyl sites for hydroxylation is 1. The van der Waals surface area contributed by atoms with Crippen LogP contribution in [0.15, 0.2) is 24.3 Å². The molecule has 2 aromatic rings. The van der Waals surface area contributed by atoms with Gasteiger partial charge in [-0.3, -0.25) is 0 Å². The number of benzene rings is 1. The Bertz CT molecular complexity index is 607. The van der Waals surface area contributed by atoms with Crippen molar-refractivity contribution in [2.75, 3.05) is 6.61 Å². The SMILES string of the molecule is Cc1nn(-c2ccc(Cl)cc2)c(C)c1CNC(C)CCCO. The second kappa shape index (κ2) is 7.77. The van der Waals surface area contributed by atoms with E-state index in [-0.39, 0.29) is 6.61 Å². The molecule has 0 bridgehead atoms. The normalized spacial score (nSPS) is 12.6. The van der Waals surface area contributed by atoms with Gasteiger partial charge in [-0.25, -0.2) is 4.68 Å². The van der Waals surface area contributed by atoms with Gasteiger partial charge in [0.2, 0.25) is 0 Å². The number of nitrogens with zero attached hydrogens (tertiary/aromatic N) is 2. The van der Waals surface area contributed by atoms with Gasteiger partial charge in [-0.15, -0.1) is 0 Å². The molecule has 1 aromatic heterocycles. The van der Waals surface area contributed by atoms with Gasteiger partial charge in [0.1, 0.15) is 0 Å². The molecule has 0 aliphatic carbocycles. The zero-order chi connectivity index (χ0) is 16.1. The maximum absolute atomic E-state index is 8.89. The van der Waals surface area contributed by atoms with Crippen molar-refractivity contribution >= 4 is 11.6 Å². The smallest absolute Gasteiger partial charge is 0.0649 e. The Labute approximate surface area is 137 Å². The highest BCUT2D eigenvalue weighted by Crippen LogP contribution is 2.19. The summed E-state index contributed by atoms with van der Waals surface area (Å²) in [6.07, 6.45) is 1.80. The van der Waals surface area contributed by atoms with Gasteiger partial charge in [0.05, 0.1) is 11.4 Å². The van der Waals surface area contributed by atoms with E-state index in [1.807, 2.05) is 35.9 Å². The van der Waals surface area contributed by atoms with Crippen LogP contribution in [0, 0.1) is 13.8 Å². The standard InChI is InChI=1S/C17H24ClN3O/c1-12(5-4-10-22)19-11-17-13(2)20-21(14(17)3)16-8-6-15(18)7-9-16/h6-9,12,19,22H,4-5,10-11H2,1-3H3. The number of rotatable bonds is 7. The van der Waals surface area contributed by atoms with Gasteiger partial charge in [0, 0.05) is 35.5 Å². The molecule has 1 unspecified atom stereocenters. The molecule has 0 spiro atoms. The predicted octanol–water partition coefficient (Wildman–Crippen LogP) is 3.39. The van der Waals surface area contributed by atoms with Crippen LogP contribution < -0.4 is 5.32 Å². The molecular formula is C17H24ClN3O. The summed E-state index contributed by atoms with van der Waals surface area (Å²) in [6, 6.07) is 8.08. The third-order valence-electron chi connectivity index (χ3n) is 3.93. The molecule has 1 aromatic carbocycles. The number of hydrogen-bond acceptors (Lipinski definition) is 3. The fourth-order valence-electron chi connectivity index (χ4n) is 2.54. The van der Waals surface area contributed by atoms with E-state index in [2.05, 4.69) is 24.3 Å². The number of aromatic nitrogens is 2. The van der Waals surface area contributed by atoms with Gasteiger partial charge in [-0.2, -0.15) is 5.10 Å². The fourth-order valence-corrected chi connectivity index (χ4v) is 2.67. The number of halogens is 1. The summed E-state index contributed by atoms with van der Waals surface area (Å²) in [5, 5.41) is 17.8. The topological polar surface area (TPSA) is 50.1 Å². The lowest BCUT2D eigenvalue weighted by Gasteiger charge is -2.13. The lowest BCUT2D eigenvalue weighted by Crippen LogP contribution is -2.26. The minimum Gasteiger partial charge on any atom is -0.396 e. The van der Waals surface area contributed by atoms with Crippen molar-refractivity contribution in [2.24, 2.45) is 0 Å². The summed E-state index contributed by atoms with van der Waals surface area (Å²) >= 11 is 5.94. The van der Waals surface area contributed by atoms with Crippen molar-refractivity contribution in [1.29, 1.82) is 0 Å². The van der Waals surface area contributed by atoms with E-state index in [4.69, 9.17) is 16.7 Å². The van der Waals surface area contributed by atoms with Crippen LogP contribution in [0.3, 0.4) is 0 Å². The highest BCUT2D eigenvalue weighted by atomic mass is 35.5. The van der Waals surface area contributed by atoms with E-state index in [1.165, 1.54) is 5.56 Å². The van der Waals surface area contributed by atoms with Gasteiger partial charge >= 0.3 is 0 Å². The van der Waals surface area contributed by atoms with Gasteiger partial charge < -0.3 is 10.4 Å². The van der Waals surface area contributed by atoms with Crippen LogP contribution >= 0.6 is 11.6 Å². The molecule has 1 heterocycles. The summed E-state index contributed by atoms with van der Waals surface area (Å²) in [4.78, 5) is 0. The lowest BCUT2D eigenvalue weighted by atomic mass is 10.1. The van der Waals surface area contributed by atoms with Crippen LogP contribution in [0.4, 0.5) is 0 Å². The Balaban J connectivity index is 2.12. The van der Waals surface area contributed by atoms with Gasteiger partial charge in [-0.05, 0) is 57.9 Å². The summed E-state index contributed by atoms with van der Waals surface area (Å²) in [5.41, 5.74) is 4.42. The predicted molar refractivity (Wildman–Crippen MR) is 90.7 cm³/mol. The molecule has 1 atom stereocenters. The minimum atomic E-state index is 0.249. The molecule has 0 radical (unpaired) electrons. The van der Waals surface area contributed by atoms with Crippen LogP contribution in [-0.4, -0.2) is 27.5 Å². The molecule has 120 valence electrons. The third-order valence-corrected chi connectivity index (χ3v) is 4.19.